The Morgan fingerprint density at radius 3 is 2.68 bits per heavy atom. The highest BCUT2D eigenvalue weighted by atomic mass is 19.1. The molecule has 2 aromatic rings. The number of anilines is 3. The van der Waals surface area contributed by atoms with Gasteiger partial charge in [-0.2, -0.15) is 0 Å². The lowest BCUT2D eigenvalue weighted by Crippen LogP contribution is -2.03. The van der Waals surface area contributed by atoms with Crippen LogP contribution in [0.4, 0.5) is 26.1 Å². The zero-order valence-corrected chi connectivity index (χ0v) is 10.0. The summed E-state index contributed by atoms with van der Waals surface area (Å²) in [6.07, 6.45) is 3.03. The Balaban J connectivity index is 2.16. The van der Waals surface area contributed by atoms with Gasteiger partial charge >= 0.3 is 0 Å². The smallest absolute Gasteiger partial charge is 0.149 e. The SMILES string of the molecule is C=CCNc1cc(Nc2ccc(F)cc2F)ncn1. The summed E-state index contributed by atoms with van der Waals surface area (Å²) >= 11 is 0. The standard InChI is InChI=1S/C13H12F2N4/c1-2-5-16-12-7-13(18-8-17-12)19-11-4-3-9(14)6-10(11)15/h2-4,6-8H,1,5H2,(H2,16,17,18,19). The van der Waals surface area contributed by atoms with Gasteiger partial charge in [0.05, 0.1) is 5.69 Å². The monoisotopic (exact) mass is 262 g/mol. The number of nitrogens with zero attached hydrogens (tertiary/aromatic N) is 2. The summed E-state index contributed by atoms with van der Waals surface area (Å²) in [5.74, 6) is -0.315. The number of halogens is 2. The molecule has 2 N–H and O–H groups in total. The van der Waals surface area contributed by atoms with Crippen molar-refractivity contribution in [3.05, 3.63) is 54.9 Å². The van der Waals surface area contributed by atoms with Crippen LogP contribution in [0, 0.1) is 11.6 Å². The molecule has 6 heteroatoms. The van der Waals surface area contributed by atoms with E-state index in [1.807, 2.05) is 0 Å². The van der Waals surface area contributed by atoms with E-state index in [0.29, 0.717) is 18.2 Å². The lowest BCUT2D eigenvalue weighted by Gasteiger charge is -2.08. The van der Waals surface area contributed by atoms with Gasteiger partial charge in [-0.1, -0.05) is 6.08 Å². The van der Waals surface area contributed by atoms with E-state index in [9.17, 15) is 8.78 Å². The van der Waals surface area contributed by atoms with Crippen molar-refractivity contribution in [3.8, 4) is 0 Å². The highest BCUT2D eigenvalue weighted by Crippen LogP contribution is 2.20. The van der Waals surface area contributed by atoms with Gasteiger partial charge in [0.2, 0.25) is 0 Å². The van der Waals surface area contributed by atoms with Crippen molar-refractivity contribution in [1.82, 2.24) is 9.97 Å². The van der Waals surface area contributed by atoms with Gasteiger partial charge in [-0.25, -0.2) is 18.7 Å². The van der Waals surface area contributed by atoms with Crippen molar-refractivity contribution in [2.45, 2.75) is 0 Å². The predicted molar refractivity (Wildman–Crippen MR) is 70.4 cm³/mol. The quantitative estimate of drug-likeness (QED) is 0.813. The molecule has 1 aromatic carbocycles. The molecule has 0 aliphatic heterocycles. The van der Waals surface area contributed by atoms with Crippen molar-refractivity contribution < 1.29 is 8.78 Å². The first-order valence-corrected chi connectivity index (χ1v) is 5.58. The fourth-order valence-corrected chi connectivity index (χ4v) is 1.43. The Kier molecular flexibility index (Phi) is 4.02. The van der Waals surface area contributed by atoms with Gasteiger partial charge in [0.1, 0.15) is 29.6 Å². The number of benzene rings is 1. The van der Waals surface area contributed by atoms with Crippen molar-refractivity contribution in [2.24, 2.45) is 0 Å². The summed E-state index contributed by atoms with van der Waals surface area (Å²) < 4.78 is 26.2. The van der Waals surface area contributed by atoms with Gasteiger partial charge in [-0.05, 0) is 12.1 Å². The third kappa shape index (κ3) is 3.48. The molecular formula is C13H12F2N4. The maximum Gasteiger partial charge on any atom is 0.149 e. The van der Waals surface area contributed by atoms with Crippen LogP contribution in [0.15, 0.2) is 43.2 Å². The molecule has 2 rings (SSSR count). The van der Waals surface area contributed by atoms with E-state index < -0.39 is 11.6 Å². The Morgan fingerprint density at radius 2 is 1.95 bits per heavy atom. The average Bonchev–Trinajstić information content (AvgIpc) is 2.40. The van der Waals surface area contributed by atoms with Gasteiger partial charge in [0.25, 0.3) is 0 Å². The molecule has 0 saturated heterocycles. The van der Waals surface area contributed by atoms with E-state index in [1.165, 1.54) is 18.5 Å². The van der Waals surface area contributed by atoms with Gasteiger partial charge < -0.3 is 10.6 Å². The fourth-order valence-electron chi connectivity index (χ4n) is 1.43. The molecule has 0 bridgehead atoms. The van der Waals surface area contributed by atoms with Crippen LogP contribution in [0.2, 0.25) is 0 Å². The first-order chi connectivity index (χ1) is 9.19. The molecule has 1 aromatic heterocycles. The molecule has 4 nitrogen and oxygen atoms in total. The van der Waals surface area contributed by atoms with E-state index in [4.69, 9.17) is 0 Å². The lowest BCUT2D eigenvalue weighted by molar-refractivity contribution is 0.586. The summed E-state index contributed by atoms with van der Waals surface area (Å²) in [4.78, 5) is 7.95. The van der Waals surface area contributed by atoms with E-state index in [-0.39, 0.29) is 5.69 Å². The molecule has 0 atom stereocenters. The molecule has 98 valence electrons. The largest absolute Gasteiger partial charge is 0.366 e. The van der Waals surface area contributed by atoms with Crippen LogP contribution in [0.5, 0.6) is 0 Å². The second kappa shape index (κ2) is 5.90. The molecule has 0 fully saturated rings. The number of hydrogen-bond donors (Lipinski definition) is 2. The third-order valence-corrected chi connectivity index (χ3v) is 2.29. The second-order valence-corrected chi connectivity index (χ2v) is 3.71. The van der Waals surface area contributed by atoms with Crippen LogP contribution in [-0.4, -0.2) is 16.5 Å². The first-order valence-electron chi connectivity index (χ1n) is 5.58. The first kappa shape index (κ1) is 12.9. The van der Waals surface area contributed by atoms with E-state index in [1.54, 1.807) is 12.1 Å². The lowest BCUT2D eigenvalue weighted by atomic mass is 10.3. The average molecular weight is 262 g/mol. The number of hydrogen-bond acceptors (Lipinski definition) is 4. The van der Waals surface area contributed by atoms with Crippen molar-refractivity contribution in [1.29, 1.82) is 0 Å². The predicted octanol–water partition coefficient (Wildman–Crippen LogP) is 3.10. The summed E-state index contributed by atoms with van der Waals surface area (Å²) in [6, 6.07) is 4.90. The van der Waals surface area contributed by atoms with Crippen LogP contribution in [0.25, 0.3) is 0 Å². The van der Waals surface area contributed by atoms with Gasteiger partial charge in [0.15, 0.2) is 0 Å². The van der Waals surface area contributed by atoms with E-state index >= 15 is 0 Å². The number of aromatic nitrogens is 2. The third-order valence-electron chi connectivity index (χ3n) is 2.29. The molecule has 0 saturated carbocycles. The maximum atomic E-state index is 13.5. The summed E-state index contributed by atoms with van der Waals surface area (Å²) in [6.45, 7) is 4.14. The van der Waals surface area contributed by atoms with Gasteiger partial charge in [-0.3, -0.25) is 0 Å². The van der Waals surface area contributed by atoms with E-state index in [2.05, 4.69) is 27.2 Å². The molecular weight excluding hydrogens is 250 g/mol. The van der Waals surface area contributed by atoms with Gasteiger partial charge in [0, 0.05) is 18.7 Å². The Labute approximate surface area is 109 Å². The Hall–Kier alpha value is -2.50. The zero-order chi connectivity index (χ0) is 13.7. The normalized spacial score (nSPS) is 10.0. The number of rotatable bonds is 5. The molecule has 1 heterocycles. The highest BCUT2D eigenvalue weighted by Gasteiger charge is 2.05. The molecule has 0 spiro atoms. The number of nitrogens with one attached hydrogen (secondary N) is 2. The minimum atomic E-state index is -0.681. The van der Waals surface area contributed by atoms with Crippen molar-refractivity contribution in [3.63, 3.8) is 0 Å². The van der Waals surface area contributed by atoms with Crippen LogP contribution in [0.3, 0.4) is 0 Å². The molecule has 0 aliphatic carbocycles. The highest BCUT2D eigenvalue weighted by molar-refractivity contribution is 5.59. The zero-order valence-electron chi connectivity index (χ0n) is 10.0. The molecule has 0 unspecified atom stereocenters. The molecule has 0 aliphatic rings. The topological polar surface area (TPSA) is 49.8 Å². The summed E-state index contributed by atoms with van der Waals surface area (Å²) in [7, 11) is 0. The van der Waals surface area contributed by atoms with E-state index in [0.717, 1.165) is 6.07 Å². The van der Waals surface area contributed by atoms with Crippen LogP contribution in [-0.2, 0) is 0 Å². The Bertz CT molecular complexity index is 587. The van der Waals surface area contributed by atoms with Crippen LogP contribution in [0.1, 0.15) is 0 Å². The molecule has 0 radical (unpaired) electrons. The minimum Gasteiger partial charge on any atom is -0.366 e. The minimum absolute atomic E-state index is 0.148. The van der Waals surface area contributed by atoms with Crippen molar-refractivity contribution >= 4 is 17.3 Å². The van der Waals surface area contributed by atoms with Crippen molar-refractivity contribution in [2.75, 3.05) is 17.2 Å². The maximum absolute atomic E-state index is 13.5. The van der Waals surface area contributed by atoms with Crippen LogP contribution >= 0.6 is 0 Å². The molecule has 19 heavy (non-hydrogen) atoms. The Morgan fingerprint density at radius 1 is 1.16 bits per heavy atom. The summed E-state index contributed by atoms with van der Waals surface area (Å²) in [5.41, 5.74) is 0.148. The molecule has 0 amide bonds. The fraction of sp³-hybridized carbons (Fsp3) is 0.0769. The summed E-state index contributed by atoms with van der Waals surface area (Å²) in [5, 5.41) is 5.74. The van der Waals surface area contributed by atoms with Gasteiger partial charge in [-0.15, -0.1) is 6.58 Å². The second-order valence-electron chi connectivity index (χ2n) is 3.71. The van der Waals surface area contributed by atoms with Crippen LogP contribution < -0.4 is 10.6 Å².